The van der Waals surface area contributed by atoms with E-state index in [4.69, 9.17) is 4.52 Å². The van der Waals surface area contributed by atoms with Crippen LogP contribution in [0.2, 0.25) is 0 Å². The topological polar surface area (TPSA) is 116 Å². The van der Waals surface area contributed by atoms with Crippen molar-refractivity contribution >= 4 is 17.4 Å². The Morgan fingerprint density at radius 2 is 2.00 bits per heavy atom. The minimum Gasteiger partial charge on any atom is -0.353 e. The van der Waals surface area contributed by atoms with Gasteiger partial charge in [0, 0.05) is 12.0 Å². The molecule has 134 valence electrons. The maximum atomic E-state index is 12.6. The number of hydrogen-bond donors (Lipinski definition) is 1. The predicted molar refractivity (Wildman–Crippen MR) is 93.5 cm³/mol. The average Bonchev–Trinajstić information content (AvgIpc) is 3.19. The Balaban J connectivity index is 1.97. The number of aryl methyl sites for hydroxylation is 1. The quantitative estimate of drug-likeness (QED) is 0.553. The van der Waals surface area contributed by atoms with Crippen LogP contribution in [0.1, 0.15) is 41.7 Å². The molecule has 0 saturated carbocycles. The highest BCUT2D eigenvalue weighted by Gasteiger charge is 2.33. The van der Waals surface area contributed by atoms with E-state index in [0.717, 1.165) is 5.69 Å². The zero-order chi connectivity index (χ0) is 18.8. The lowest BCUT2D eigenvalue weighted by Crippen LogP contribution is -2.17. The van der Waals surface area contributed by atoms with Crippen molar-refractivity contribution in [1.82, 2.24) is 14.9 Å². The monoisotopic (exact) mass is 355 g/mol. The van der Waals surface area contributed by atoms with E-state index in [0.29, 0.717) is 11.5 Å². The van der Waals surface area contributed by atoms with E-state index in [2.05, 4.69) is 15.6 Å². The molecule has 26 heavy (non-hydrogen) atoms. The Kier molecular flexibility index (Phi) is 4.53. The van der Waals surface area contributed by atoms with Crippen LogP contribution in [-0.4, -0.2) is 25.8 Å². The molecular weight excluding hydrogens is 338 g/mol. The van der Waals surface area contributed by atoms with E-state index in [1.807, 2.05) is 30.3 Å². The molecule has 0 fully saturated rings. The van der Waals surface area contributed by atoms with Crippen LogP contribution in [0.4, 0.5) is 11.5 Å². The summed E-state index contributed by atoms with van der Waals surface area (Å²) in [5, 5.41) is 21.9. The van der Waals surface area contributed by atoms with Gasteiger partial charge in [0.05, 0.1) is 16.3 Å². The highest BCUT2D eigenvalue weighted by atomic mass is 16.6. The third-order valence-electron chi connectivity index (χ3n) is 3.69. The van der Waals surface area contributed by atoms with Gasteiger partial charge < -0.3 is 9.84 Å². The lowest BCUT2D eigenvalue weighted by atomic mass is 10.1. The van der Waals surface area contributed by atoms with Gasteiger partial charge in [-0.05, 0) is 19.1 Å². The number of nitrogens with one attached hydrogen (secondary N) is 1. The highest BCUT2D eigenvalue weighted by molar-refractivity contribution is 6.05. The Hall–Kier alpha value is -3.49. The molecule has 0 aliphatic carbocycles. The number of carbonyl (C=O) groups excluding carboxylic acids is 1. The molecule has 0 spiro atoms. The molecule has 1 N–H and O–H groups in total. The van der Waals surface area contributed by atoms with Crippen LogP contribution < -0.4 is 5.32 Å². The van der Waals surface area contributed by atoms with Gasteiger partial charge in [0.1, 0.15) is 5.82 Å². The number of carbonyl (C=O) groups is 1. The summed E-state index contributed by atoms with van der Waals surface area (Å²) in [6, 6.07) is 10.9. The van der Waals surface area contributed by atoms with Gasteiger partial charge >= 0.3 is 5.69 Å². The van der Waals surface area contributed by atoms with Crippen molar-refractivity contribution < 1.29 is 14.2 Å². The standard InChI is InChI=1S/C17H17N5O4/c1-10(2)16-15(22(24)25)14(20-26-16)17(23)18-13-9-11(3)19-21(13)12-7-5-4-6-8-12/h4-10H,1-3H3,(H,18,23). The van der Waals surface area contributed by atoms with Crippen molar-refractivity contribution in [2.75, 3.05) is 5.32 Å². The molecule has 0 aliphatic rings. The van der Waals surface area contributed by atoms with E-state index >= 15 is 0 Å². The fourth-order valence-corrected chi connectivity index (χ4v) is 2.53. The zero-order valence-electron chi connectivity index (χ0n) is 14.5. The van der Waals surface area contributed by atoms with E-state index in [9.17, 15) is 14.9 Å². The molecule has 0 bridgehead atoms. The Morgan fingerprint density at radius 3 is 2.62 bits per heavy atom. The van der Waals surface area contributed by atoms with Crippen LogP contribution in [0.15, 0.2) is 40.9 Å². The van der Waals surface area contributed by atoms with Gasteiger partial charge in [0.15, 0.2) is 0 Å². The van der Waals surface area contributed by atoms with Crippen molar-refractivity contribution in [1.29, 1.82) is 0 Å². The molecule has 0 saturated heterocycles. The summed E-state index contributed by atoms with van der Waals surface area (Å²) < 4.78 is 6.57. The predicted octanol–water partition coefficient (Wildman–Crippen LogP) is 3.45. The van der Waals surface area contributed by atoms with E-state index in [1.54, 1.807) is 31.5 Å². The summed E-state index contributed by atoms with van der Waals surface area (Å²) in [4.78, 5) is 23.3. The maximum Gasteiger partial charge on any atom is 0.344 e. The number of rotatable bonds is 5. The number of hydrogen-bond acceptors (Lipinski definition) is 6. The SMILES string of the molecule is Cc1cc(NC(=O)c2noc(C(C)C)c2[N+](=O)[O-])n(-c2ccccc2)n1. The van der Waals surface area contributed by atoms with Crippen LogP contribution in [0, 0.1) is 17.0 Å². The van der Waals surface area contributed by atoms with E-state index in [-0.39, 0.29) is 17.4 Å². The van der Waals surface area contributed by atoms with Crippen LogP contribution >= 0.6 is 0 Å². The molecule has 0 unspecified atom stereocenters. The summed E-state index contributed by atoms with van der Waals surface area (Å²) >= 11 is 0. The molecule has 2 aromatic heterocycles. The van der Waals surface area contributed by atoms with Gasteiger partial charge in [0.25, 0.3) is 5.91 Å². The molecule has 2 heterocycles. The molecule has 0 aliphatic heterocycles. The minimum absolute atomic E-state index is 0.0629. The van der Waals surface area contributed by atoms with Crippen molar-refractivity contribution in [3.8, 4) is 5.69 Å². The van der Waals surface area contributed by atoms with Crippen molar-refractivity contribution in [2.45, 2.75) is 26.7 Å². The maximum absolute atomic E-state index is 12.6. The number of amides is 1. The third kappa shape index (κ3) is 3.18. The van der Waals surface area contributed by atoms with E-state index < -0.39 is 16.5 Å². The number of para-hydroxylation sites is 1. The summed E-state index contributed by atoms with van der Waals surface area (Å²) in [6.45, 7) is 5.23. The van der Waals surface area contributed by atoms with Crippen LogP contribution in [0.5, 0.6) is 0 Å². The molecule has 9 heteroatoms. The number of nitrogens with zero attached hydrogens (tertiary/aromatic N) is 4. The first kappa shape index (κ1) is 17.3. The van der Waals surface area contributed by atoms with Crippen LogP contribution in [-0.2, 0) is 0 Å². The fourth-order valence-electron chi connectivity index (χ4n) is 2.53. The third-order valence-corrected chi connectivity index (χ3v) is 3.69. The molecule has 0 radical (unpaired) electrons. The number of aromatic nitrogens is 3. The second kappa shape index (κ2) is 6.79. The zero-order valence-corrected chi connectivity index (χ0v) is 14.5. The largest absolute Gasteiger partial charge is 0.353 e. The van der Waals surface area contributed by atoms with Gasteiger partial charge in [-0.1, -0.05) is 37.2 Å². The second-order valence-electron chi connectivity index (χ2n) is 6.03. The van der Waals surface area contributed by atoms with Gasteiger partial charge in [-0.15, -0.1) is 0 Å². The lowest BCUT2D eigenvalue weighted by Gasteiger charge is -2.07. The van der Waals surface area contributed by atoms with Gasteiger partial charge in [-0.2, -0.15) is 5.10 Å². The van der Waals surface area contributed by atoms with Crippen LogP contribution in [0.3, 0.4) is 0 Å². The van der Waals surface area contributed by atoms with Gasteiger partial charge in [0.2, 0.25) is 11.5 Å². The van der Waals surface area contributed by atoms with Crippen molar-refractivity contribution in [2.24, 2.45) is 0 Å². The van der Waals surface area contributed by atoms with Gasteiger partial charge in [-0.25, -0.2) is 4.68 Å². The minimum atomic E-state index is -0.732. The molecule has 3 aromatic rings. The molecule has 1 aromatic carbocycles. The normalized spacial score (nSPS) is 10.9. The molecule has 1 amide bonds. The Morgan fingerprint density at radius 1 is 1.31 bits per heavy atom. The van der Waals surface area contributed by atoms with E-state index in [1.165, 1.54) is 0 Å². The lowest BCUT2D eigenvalue weighted by molar-refractivity contribution is -0.386. The summed E-state index contributed by atoms with van der Waals surface area (Å²) in [6.07, 6.45) is 0. The molecule has 0 atom stereocenters. The first-order chi connectivity index (χ1) is 12.4. The number of anilines is 1. The second-order valence-corrected chi connectivity index (χ2v) is 6.03. The Labute approximate surface area is 148 Å². The first-order valence-corrected chi connectivity index (χ1v) is 7.96. The fraction of sp³-hybridized carbons (Fsp3) is 0.235. The average molecular weight is 355 g/mol. The molecule has 3 rings (SSSR count). The highest BCUT2D eigenvalue weighted by Crippen LogP contribution is 2.30. The Bertz CT molecular complexity index is 959. The smallest absolute Gasteiger partial charge is 0.344 e. The summed E-state index contributed by atoms with van der Waals surface area (Å²) in [5.41, 5.74) is 0.646. The number of benzene rings is 1. The van der Waals surface area contributed by atoms with Crippen LogP contribution in [0.25, 0.3) is 5.69 Å². The molecular formula is C17H17N5O4. The van der Waals surface area contributed by atoms with Gasteiger partial charge in [-0.3, -0.25) is 14.9 Å². The van der Waals surface area contributed by atoms with Crippen molar-refractivity contribution in [3.05, 3.63) is 63.7 Å². The first-order valence-electron chi connectivity index (χ1n) is 7.96. The molecule has 9 nitrogen and oxygen atoms in total. The van der Waals surface area contributed by atoms with Crippen molar-refractivity contribution in [3.63, 3.8) is 0 Å². The number of nitro groups is 1. The summed E-state index contributed by atoms with van der Waals surface area (Å²) in [7, 11) is 0. The summed E-state index contributed by atoms with van der Waals surface area (Å²) in [5.74, 6) is -0.569.